The molecule has 68 valence electrons. The molecule has 0 amide bonds. The van der Waals surface area contributed by atoms with E-state index < -0.39 is 0 Å². The Morgan fingerprint density at radius 3 is 2.69 bits per heavy atom. The van der Waals surface area contributed by atoms with E-state index in [9.17, 15) is 5.11 Å². The van der Waals surface area contributed by atoms with Crippen molar-refractivity contribution in [3.8, 4) is 5.75 Å². The molecule has 3 nitrogen and oxygen atoms in total. The van der Waals surface area contributed by atoms with Gasteiger partial charge in [-0.05, 0) is 25.5 Å². The minimum absolute atomic E-state index is 0.133. The molecule has 0 aliphatic carbocycles. The number of benzene rings is 1. The average molecular weight is 176 g/mol. The fourth-order valence-electron chi connectivity index (χ4n) is 1.52. The lowest BCUT2D eigenvalue weighted by atomic mass is 10.1. The quantitative estimate of drug-likeness (QED) is 0.425. The largest absolute Gasteiger partial charge is 0.506 e. The number of hydrogen-bond donors (Lipinski definition) is 3. The van der Waals surface area contributed by atoms with E-state index >= 15 is 0 Å². The van der Waals surface area contributed by atoms with E-state index in [2.05, 4.69) is 4.98 Å². The third kappa shape index (κ3) is 1.04. The van der Waals surface area contributed by atoms with Gasteiger partial charge in [0, 0.05) is 22.7 Å². The van der Waals surface area contributed by atoms with Crippen molar-refractivity contribution in [2.45, 2.75) is 13.8 Å². The molecule has 1 aromatic carbocycles. The number of phenolic OH excluding ortho intramolecular Hbond substituents is 1. The zero-order valence-corrected chi connectivity index (χ0v) is 7.68. The van der Waals surface area contributed by atoms with Crippen LogP contribution >= 0.6 is 0 Å². The van der Waals surface area contributed by atoms with Gasteiger partial charge >= 0.3 is 0 Å². The second-order valence-electron chi connectivity index (χ2n) is 3.33. The number of aromatic nitrogens is 1. The number of rotatable bonds is 0. The van der Waals surface area contributed by atoms with Crippen molar-refractivity contribution < 1.29 is 5.11 Å². The molecule has 0 aliphatic rings. The summed E-state index contributed by atoms with van der Waals surface area (Å²) < 4.78 is 0. The topological polar surface area (TPSA) is 62.0 Å². The van der Waals surface area contributed by atoms with Crippen LogP contribution in [-0.4, -0.2) is 10.1 Å². The zero-order valence-electron chi connectivity index (χ0n) is 7.68. The van der Waals surface area contributed by atoms with Gasteiger partial charge in [0.05, 0.1) is 5.69 Å². The third-order valence-electron chi connectivity index (χ3n) is 2.46. The molecule has 0 aliphatic heterocycles. The summed E-state index contributed by atoms with van der Waals surface area (Å²) in [6, 6.07) is 3.45. The van der Waals surface area contributed by atoms with Crippen molar-refractivity contribution in [1.29, 1.82) is 0 Å². The zero-order chi connectivity index (χ0) is 9.59. The smallest absolute Gasteiger partial charge is 0.140 e. The van der Waals surface area contributed by atoms with E-state index in [1.165, 1.54) is 5.56 Å². The van der Waals surface area contributed by atoms with Crippen molar-refractivity contribution >= 4 is 16.6 Å². The minimum atomic E-state index is 0.133. The van der Waals surface area contributed by atoms with Crippen molar-refractivity contribution in [3.63, 3.8) is 0 Å². The fraction of sp³-hybridized carbons (Fsp3) is 0.200. The Morgan fingerprint density at radius 1 is 1.31 bits per heavy atom. The second kappa shape index (κ2) is 2.42. The van der Waals surface area contributed by atoms with E-state index in [0.717, 1.165) is 16.6 Å². The monoisotopic (exact) mass is 176 g/mol. The number of aromatic amines is 1. The van der Waals surface area contributed by atoms with Crippen LogP contribution in [0.15, 0.2) is 12.1 Å². The molecule has 2 aromatic rings. The van der Waals surface area contributed by atoms with Gasteiger partial charge in [-0.25, -0.2) is 0 Å². The molecule has 0 saturated carbocycles. The number of nitrogens with one attached hydrogen (secondary N) is 1. The molecule has 0 radical (unpaired) electrons. The molecule has 0 fully saturated rings. The van der Waals surface area contributed by atoms with Crippen molar-refractivity contribution in [2.24, 2.45) is 0 Å². The summed E-state index contributed by atoms with van der Waals surface area (Å²) in [7, 11) is 0. The third-order valence-corrected chi connectivity index (χ3v) is 2.46. The van der Waals surface area contributed by atoms with Crippen LogP contribution in [0, 0.1) is 13.8 Å². The van der Waals surface area contributed by atoms with Gasteiger partial charge < -0.3 is 15.8 Å². The van der Waals surface area contributed by atoms with Gasteiger partial charge in [-0.3, -0.25) is 0 Å². The Hall–Kier alpha value is -1.64. The van der Waals surface area contributed by atoms with Gasteiger partial charge in [-0.1, -0.05) is 0 Å². The van der Waals surface area contributed by atoms with Gasteiger partial charge in [-0.15, -0.1) is 0 Å². The summed E-state index contributed by atoms with van der Waals surface area (Å²) in [6.45, 7) is 4.03. The number of aryl methyl sites for hydroxylation is 2. The van der Waals surface area contributed by atoms with Gasteiger partial charge in [-0.2, -0.15) is 0 Å². The Morgan fingerprint density at radius 2 is 2.00 bits per heavy atom. The van der Waals surface area contributed by atoms with Crippen LogP contribution < -0.4 is 5.73 Å². The summed E-state index contributed by atoms with van der Waals surface area (Å²) in [4.78, 5) is 3.18. The summed E-state index contributed by atoms with van der Waals surface area (Å²) in [5.74, 6) is 0.133. The summed E-state index contributed by atoms with van der Waals surface area (Å²) in [5, 5.41) is 10.4. The van der Waals surface area contributed by atoms with E-state index in [1.807, 2.05) is 13.8 Å². The lowest BCUT2D eigenvalue weighted by Gasteiger charge is -1.98. The first kappa shape index (κ1) is 7.98. The van der Waals surface area contributed by atoms with Crippen LogP contribution in [0.25, 0.3) is 10.9 Å². The molecular weight excluding hydrogens is 164 g/mol. The molecule has 0 unspecified atom stereocenters. The first-order chi connectivity index (χ1) is 6.09. The summed E-state index contributed by atoms with van der Waals surface area (Å²) in [6.07, 6.45) is 0. The van der Waals surface area contributed by atoms with Crippen molar-refractivity contribution in [2.75, 3.05) is 5.73 Å². The molecular formula is C10H12N2O. The number of fused-ring (bicyclic) bond motifs is 1. The maximum atomic E-state index is 9.37. The van der Waals surface area contributed by atoms with Crippen LogP contribution in [0.3, 0.4) is 0 Å². The maximum absolute atomic E-state index is 9.37. The number of nitrogens with two attached hydrogens (primary N) is 1. The predicted molar refractivity (Wildman–Crippen MR) is 53.8 cm³/mol. The molecule has 0 saturated heterocycles. The molecule has 1 heterocycles. The number of aromatic hydroxyl groups is 1. The highest BCUT2D eigenvalue weighted by Crippen LogP contribution is 2.29. The molecule has 0 atom stereocenters. The first-order valence-electron chi connectivity index (χ1n) is 4.17. The standard InChI is InChI=1S/C10H12N2O/c1-5-6(2)12-9-4-10(13)8(11)3-7(5)9/h3-4,12-13H,11H2,1-2H3. The number of anilines is 1. The molecule has 4 N–H and O–H groups in total. The fourth-order valence-corrected chi connectivity index (χ4v) is 1.52. The van der Waals surface area contributed by atoms with Gasteiger partial charge in [0.2, 0.25) is 0 Å². The Kier molecular flexibility index (Phi) is 1.49. The Balaban J connectivity index is 2.89. The molecule has 1 aromatic heterocycles. The predicted octanol–water partition coefficient (Wildman–Crippen LogP) is 2.07. The van der Waals surface area contributed by atoms with Crippen LogP contribution in [0.5, 0.6) is 5.75 Å². The lowest BCUT2D eigenvalue weighted by molar-refractivity contribution is 0.478. The van der Waals surface area contributed by atoms with Crippen LogP contribution in [0.4, 0.5) is 5.69 Å². The first-order valence-corrected chi connectivity index (χ1v) is 4.17. The lowest BCUT2D eigenvalue weighted by Crippen LogP contribution is -1.84. The average Bonchev–Trinajstić information content (AvgIpc) is 2.32. The number of nitrogen functional groups attached to an aromatic ring is 1. The molecule has 13 heavy (non-hydrogen) atoms. The van der Waals surface area contributed by atoms with E-state index in [-0.39, 0.29) is 5.75 Å². The van der Waals surface area contributed by atoms with E-state index in [1.54, 1.807) is 12.1 Å². The number of hydrogen-bond acceptors (Lipinski definition) is 2. The Labute approximate surface area is 76.2 Å². The number of H-pyrrole nitrogens is 1. The van der Waals surface area contributed by atoms with Crippen LogP contribution in [-0.2, 0) is 0 Å². The van der Waals surface area contributed by atoms with Gasteiger partial charge in [0.15, 0.2) is 0 Å². The molecule has 0 spiro atoms. The second-order valence-corrected chi connectivity index (χ2v) is 3.33. The van der Waals surface area contributed by atoms with Gasteiger partial charge in [0.25, 0.3) is 0 Å². The van der Waals surface area contributed by atoms with Gasteiger partial charge in [0.1, 0.15) is 5.75 Å². The molecule has 3 heteroatoms. The van der Waals surface area contributed by atoms with Crippen LogP contribution in [0.2, 0.25) is 0 Å². The van der Waals surface area contributed by atoms with Crippen molar-refractivity contribution in [3.05, 3.63) is 23.4 Å². The van der Waals surface area contributed by atoms with E-state index in [4.69, 9.17) is 5.73 Å². The van der Waals surface area contributed by atoms with Crippen molar-refractivity contribution in [1.82, 2.24) is 4.98 Å². The Bertz CT molecular complexity index is 471. The molecule has 0 bridgehead atoms. The maximum Gasteiger partial charge on any atom is 0.140 e. The van der Waals surface area contributed by atoms with Crippen LogP contribution in [0.1, 0.15) is 11.3 Å². The summed E-state index contributed by atoms with van der Waals surface area (Å²) in [5.41, 5.74) is 9.25. The minimum Gasteiger partial charge on any atom is -0.506 e. The van der Waals surface area contributed by atoms with E-state index in [0.29, 0.717) is 5.69 Å². The highest BCUT2D eigenvalue weighted by atomic mass is 16.3. The molecule has 2 rings (SSSR count). The number of phenols is 1. The highest BCUT2D eigenvalue weighted by molar-refractivity contribution is 5.89. The normalized spacial score (nSPS) is 10.9. The summed E-state index contributed by atoms with van der Waals surface area (Å²) >= 11 is 0. The SMILES string of the molecule is Cc1[nH]c2cc(O)c(N)cc2c1C. The highest BCUT2D eigenvalue weighted by Gasteiger charge is 2.06.